The highest BCUT2D eigenvalue weighted by Gasteiger charge is 2.23. The van der Waals surface area contributed by atoms with Crippen LogP contribution in [0.3, 0.4) is 0 Å². The summed E-state index contributed by atoms with van der Waals surface area (Å²) in [5.74, 6) is 0.326. The van der Waals surface area contributed by atoms with E-state index >= 15 is 0 Å². The molecule has 14 heavy (non-hydrogen) atoms. The predicted molar refractivity (Wildman–Crippen MR) is 54.9 cm³/mol. The second-order valence-corrected chi connectivity index (χ2v) is 4.10. The van der Waals surface area contributed by atoms with Crippen molar-refractivity contribution in [2.75, 3.05) is 26.2 Å². The quantitative estimate of drug-likeness (QED) is 0.665. The maximum Gasteiger partial charge on any atom is 0.239 e. The highest BCUT2D eigenvalue weighted by molar-refractivity contribution is 5.81. The first-order valence-electron chi connectivity index (χ1n) is 5.28. The van der Waals surface area contributed by atoms with Gasteiger partial charge in [-0.05, 0) is 25.8 Å². The minimum absolute atomic E-state index is 0.0802. The van der Waals surface area contributed by atoms with E-state index < -0.39 is 0 Å². The zero-order valence-corrected chi connectivity index (χ0v) is 8.99. The third-order valence-electron chi connectivity index (χ3n) is 2.58. The minimum Gasteiger partial charge on any atom is -0.396 e. The normalized spacial score (nSPS) is 26.1. The molecule has 1 amide bonds. The molecule has 0 aromatic carbocycles. The fraction of sp³-hybridized carbons (Fsp3) is 0.900. The Labute approximate surface area is 85.3 Å². The fourth-order valence-electron chi connectivity index (χ4n) is 1.68. The zero-order chi connectivity index (χ0) is 10.6. The van der Waals surface area contributed by atoms with Gasteiger partial charge in [0, 0.05) is 19.7 Å². The summed E-state index contributed by atoms with van der Waals surface area (Å²) in [5.41, 5.74) is 0. The minimum atomic E-state index is -0.0802. The van der Waals surface area contributed by atoms with Crippen LogP contribution in [0.15, 0.2) is 0 Å². The first-order valence-corrected chi connectivity index (χ1v) is 5.28. The number of hydrogen-bond donors (Lipinski definition) is 2. The fourth-order valence-corrected chi connectivity index (χ4v) is 1.68. The molecule has 82 valence electrons. The number of amides is 1. The highest BCUT2D eigenvalue weighted by Crippen LogP contribution is 2.06. The van der Waals surface area contributed by atoms with E-state index in [1.54, 1.807) is 0 Å². The molecule has 0 aliphatic carbocycles. The maximum absolute atomic E-state index is 11.8. The van der Waals surface area contributed by atoms with Crippen LogP contribution in [0.25, 0.3) is 0 Å². The first-order chi connectivity index (χ1) is 6.65. The van der Waals surface area contributed by atoms with Crippen molar-refractivity contribution in [3.05, 3.63) is 0 Å². The second kappa shape index (κ2) is 5.32. The van der Waals surface area contributed by atoms with Gasteiger partial charge in [0.25, 0.3) is 0 Å². The lowest BCUT2D eigenvalue weighted by molar-refractivity contribution is -0.132. The Bertz CT molecular complexity index is 197. The van der Waals surface area contributed by atoms with Gasteiger partial charge in [-0.1, -0.05) is 6.92 Å². The first kappa shape index (κ1) is 11.5. The third-order valence-corrected chi connectivity index (χ3v) is 2.58. The van der Waals surface area contributed by atoms with Gasteiger partial charge in [0.2, 0.25) is 5.91 Å². The van der Waals surface area contributed by atoms with E-state index in [0.29, 0.717) is 6.54 Å². The number of hydrogen-bond acceptors (Lipinski definition) is 3. The van der Waals surface area contributed by atoms with Gasteiger partial charge in [-0.2, -0.15) is 0 Å². The van der Waals surface area contributed by atoms with E-state index in [-0.39, 0.29) is 24.5 Å². The number of aliphatic hydroxyl groups excluding tert-OH is 1. The van der Waals surface area contributed by atoms with E-state index in [0.717, 1.165) is 19.5 Å². The molecule has 1 aliphatic heterocycles. The lowest BCUT2D eigenvalue weighted by atomic mass is 10.1. The molecule has 0 spiro atoms. The molecule has 1 rings (SSSR count). The van der Waals surface area contributed by atoms with Gasteiger partial charge in [-0.15, -0.1) is 0 Å². The van der Waals surface area contributed by atoms with Crippen LogP contribution in [-0.4, -0.2) is 48.2 Å². The number of aliphatic hydroxyl groups is 1. The van der Waals surface area contributed by atoms with Gasteiger partial charge in [0.05, 0.1) is 6.04 Å². The van der Waals surface area contributed by atoms with E-state index in [1.807, 2.05) is 18.7 Å². The number of nitrogens with one attached hydrogen (secondary N) is 1. The molecule has 2 unspecified atom stereocenters. The van der Waals surface area contributed by atoms with Gasteiger partial charge in [-0.25, -0.2) is 0 Å². The Morgan fingerprint density at radius 2 is 2.43 bits per heavy atom. The van der Waals surface area contributed by atoms with Crippen LogP contribution in [0, 0.1) is 5.92 Å². The standard InChI is InChI=1S/C10H20N2O2/c1-8(7-13)6-12-5-3-4-11-9(2)10(12)14/h8-9,11,13H,3-7H2,1-2H3. The predicted octanol–water partition coefficient (Wildman–Crippen LogP) is -0.175. The van der Waals surface area contributed by atoms with Crippen molar-refractivity contribution in [1.82, 2.24) is 10.2 Å². The van der Waals surface area contributed by atoms with Crippen LogP contribution in [0.5, 0.6) is 0 Å². The molecule has 1 saturated heterocycles. The summed E-state index contributed by atoms with van der Waals surface area (Å²) in [6.07, 6.45) is 0.994. The molecule has 0 aromatic heterocycles. The average molecular weight is 200 g/mol. The summed E-state index contributed by atoms with van der Waals surface area (Å²) < 4.78 is 0. The van der Waals surface area contributed by atoms with Gasteiger partial charge in [-0.3, -0.25) is 4.79 Å². The molecule has 2 atom stereocenters. The maximum atomic E-state index is 11.8. The average Bonchev–Trinajstić information content (AvgIpc) is 2.33. The monoisotopic (exact) mass is 200 g/mol. The molecular formula is C10H20N2O2. The molecule has 0 bridgehead atoms. The number of carbonyl (C=O) groups excluding carboxylic acids is 1. The molecule has 4 nitrogen and oxygen atoms in total. The summed E-state index contributed by atoms with van der Waals surface area (Å²) in [6.45, 7) is 6.37. The SMILES string of the molecule is CC(CO)CN1CCCNC(C)C1=O. The van der Waals surface area contributed by atoms with Crippen LogP contribution in [-0.2, 0) is 4.79 Å². The third kappa shape index (κ3) is 2.96. The van der Waals surface area contributed by atoms with Crippen LogP contribution in [0.2, 0.25) is 0 Å². The molecule has 0 radical (unpaired) electrons. The zero-order valence-electron chi connectivity index (χ0n) is 8.99. The number of nitrogens with zero attached hydrogens (tertiary/aromatic N) is 1. The van der Waals surface area contributed by atoms with Gasteiger partial charge in [0.1, 0.15) is 0 Å². The van der Waals surface area contributed by atoms with Crippen molar-refractivity contribution < 1.29 is 9.90 Å². The van der Waals surface area contributed by atoms with Crippen molar-refractivity contribution in [1.29, 1.82) is 0 Å². The van der Waals surface area contributed by atoms with Crippen LogP contribution < -0.4 is 5.32 Å². The van der Waals surface area contributed by atoms with E-state index in [4.69, 9.17) is 5.11 Å². The topological polar surface area (TPSA) is 52.6 Å². The van der Waals surface area contributed by atoms with Gasteiger partial charge < -0.3 is 15.3 Å². The molecule has 1 aliphatic rings. The van der Waals surface area contributed by atoms with E-state index in [2.05, 4.69) is 5.32 Å². The van der Waals surface area contributed by atoms with Gasteiger partial charge in [0.15, 0.2) is 0 Å². The highest BCUT2D eigenvalue weighted by atomic mass is 16.3. The van der Waals surface area contributed by atoms with Crippen molar-refractivity contribution in [2.45, 2.75) is 26.3 Å². The largest absolute Gasteiger partial charge is 0.396 e. The van der Waals surface area contributed by atoms with E-state index in [9.17, 15) is 4.79 Å². The Kier molecular flexibility index (Phi) is 4.35. The van der Waals surface area contributed by atoms with Gasteiger partial charge >= 0.3 is 0 Å². The summed E-state index contributed by atoms with van der Waals surface area (Å²) in [4.78, 5) is 13.6. The molecule has 1 heterocycles. The molecule has 4 heteroatoms. The summed E-state index contributed by atoms with van der Waals surface area (Å²) in [5, 5.41) is 12.1. The second-order valence-electron chi connectivity index (χ2n) is 4.10. The molecule has 0 aromatic rings. The molecule has 2 N–H and O–H groups in total. The van der Waals surface area contributed by atoms with Crippen molar-refractivity contribution in [3.8, 4) is 0 Å². The summed E-state index contributed by atoms with van der Waals surface area (Å²) in [6, 6.07) is -0.0802. The molecular weight excluding hydrogens is 180 g/mol. The number of carbonyl (C=O) groups is 1. The smallest absolute Gasteiger partial charge is 0.239 e. The van der Waals surface area contributed by atoms with Crippen molar-refractivity contribution in [2.24, 2.45) is 5.92 Å². The Hall–Kier alpha value is -0.610. The Morgan fingerprint density at radius 1 is 1.71 bits per heavy atom. The van der Waals surface area contributed by atoms with Crippen LogP contribution in [0.1, 0.15) is 20.3 Å². The molecule has 1 fully saturated rings. The van der Waals surface area contributed by atoms with Crippen molar-refractivity contribution >= 4 is 5.91 Å². The lowest BCUT2D eigenvalue weighted by Gasteiger charge is -2.25. The molecule has 0 saturated carbocycles. The Morgan fingerprint density at radius 3 is 3.07 bits per heavy atom. The summed E-state index contributed by atoms with van der Waals surface area (Å²) >= 11 is 0. The van der Waals surface area contributed by atoms with Crippen LogP contribution >= 0.6 is 0 Å². The van der Waals surface area contributed by atoms with Crippen LogP contribution in [0.4, 0.5) is 0 Å². The summed E-state index contributed by atoms with van der Waals surface area (Å²) in [7, 11) is 0. The number of rotatable bonds is 3. The van der Waals surface area contributed by atoms with Crippen molar-refractivity contribution in [3.63, 3.8) is 0 Å². The van der Waals surface area contributed by atoms with E-state index in [1.165, 1.54) is 0 Å². The lowest BCUT2D eigenvalue weighted by Crippen LogP contribution is -2.43. The Balaban J connectivity index is 2.52.